The number of hydrogen-bond acceptors (Lipinski definition) is 2. The fraction of sp³-hybridized carbons (Fsp3) is 0.364. The second-order valence-electron chi connectivity index (χ2n) is 3.64. The van der Waals surface area contributed by atoms with Crippen molar-refractivity contribution >= 4 is 21.8 Å². The first-order valence-corrected chi connectivity index (χ1v) is 5.71. The molecule has 0 heterocycles. The molecular weight excluding hydrogens is 275 g/mol. The summed E-state index contributed by atoms with van der Waals surface area (Å²) in [6.45, 7) is 3.93. The Morgan fingerprint density at radius 1 is 1.62 bits per heavy atom. The number of likely N-dealkylation sites (N-methyl/N-ethyl adjacent to an activating group) is 1. The van der Waals surface area contributed by atoms with Crippen molar-refractivity contribution in [2.45, 2.75) is 19.4 Å². The second-order valence-corrected chi connectivity index (χ2v) is 4.56. The third kappa shape index (κ3) is 2.41. The number of rotatable bonds is 4. The minimum absolute atomic E-state index is 0.255. The first kappa shape index (κ1) is 13.1. The highest BCUT2D eigenvalue weighted by Crippen LogP contribution is 2.25. The highest BCUT2D eigenvalue weighted by atomic mass is 79.9. The molecule has 1 rings (SSSR count). The summed E-state index contributed by atoms with van der Waals surface area (Å²) in [6.07, 6.45) is 0. The molecule has 88 valence electrons. The molecule has 0 radical (unpaired) electrons. The lowest BCUT2D eigenvalue weighted by atomic mass is 9.90. The molecule has 0 saturated carbocycles. The SMILES string of the molecule is CCNC(C)(C(N)=O)c1ccc(Br)cc1F. The average molecular weight is 289 g/mol. The highest BCUT2D eigenvalue weighted by molar-refractivity contribution is 9.10. The van der Waals surface area contributed by atoms with Gasteiger partial charge in [-0.15, -0.1) is 0 Å². The normalized spacial score (nSPS) is 14.5. The molecule has 0 aromatic heterocycles. The van der Waals surface area contributed by atoms with Gasteiger partial charge in [0.2, 0.25) is 5.91 Å². The Balaban J connectivity index is 3.26. The minimum atomic E-state index is -1.18. The predicted molar refractivity (Wildman–Crippen MR) is 64.3 cm³/mol. The van der Waals surface area contributed by atoms with Crippen molar-refractivity contribution < 1.29 is 9.18 Å². The molecule has 5 heteroatoms. The summed E-state index contributed by atoms with van der Waals surface area (Å²) in [5, 5.41) is 2.91. The Bertz CT molecular complexity index is 411. The zero-order valence-electron chi connectivity index (χ0n) is 9.18. The zero-order chi connectivity index (χ0) is 12.3. The van der Waals surface area contributed by atoms with Crippen molar-refractivity contribution in [2.24, 2.45) is 5.73 Å². The van der Waals surface area contributed by atoms with E-state index in [0.717, 1.165) is 0 Å². The molecule has 16 heavy (non-hydrogen) atoms. The molecule has 1 atom stereocenters. The van der Waals surface area contributed by atoms with Crippen LogP contribution in [-0.2, 0) is 10.3 Å². The van der Waals surface area contributed by atoms with E-state index in [-0.39, 0.29) is 5.56 Å². The monoisotopic (exact) mass is 288 g/mol. The lowest BCUT2D eigenvalue weighted by molar-refractivity contribution is -0.124. The van der Waals surface area contributed by atoms with E-state index in [4.69, 9.17) is 5.73 Å². The van der Waals surface area contributed by atoms with Gasteiger partial charge in [0, 0.05) is 10.0 Å². The molecule has 3 N–H and O–H groups in total. The number of nitrogens with two attached hydrogens (primary N) is 1. The molecule has 1 aromatic carbocycles. The van der Waals surface area contributed by atoms with Crippen LogP contribution in [0.25, 0.3) is 0 Å². The van der Waals surface area contributed by atoms with Gasteiger partial charge in [0.25, 0.3) is 0 Å². The smallest absolute Gasteiger partial charge is 0.242 e. The standard InChI is InChI=1S/C11H14BrFN2O/c1-3-15-11(2,10(14)16)8-5-4-7(12)6-9(8)13/h4-6,15H,3H2,1-2H3,(H2,14,16). The van der Waals surface area contributed by atoms with E-state index in [2.05, 4.69) is 21.2 Å². The molecule has 0 fully saturated rings. The quantitative estimate of drug-likeness (QED) is 0.889. The Morgan fingerprint density at radius 3 is 2.69 bits per heavy atom. The molecule has 3 nitrogen and oxygen atoms in total. The highest BCUT2D eigenvalue weighted by Gasteiger charge is 2.34. The topological polar surface area (TPSA) is 55.1 Å². The first-order valence-electron chi connectivity index (χ1n) is 4.92. The molecule has 0 aliphatic heterocycles. The van der Waals surface area contributed by atoms with Crippen LogP contribution >= 0.6 is 15.9 Å². The van der Waals surface area contributed by atoms with Gasteiger partial charge in [-0.05, 0) is 25.6 Å². The summed E-state index contributed by atoms with van der Waals surface area (Å²) in [4.78, 5) is 11.4. The van der Waals surface area contributed by atoms with E-state index in [1.807, 2.05) is 6.92 Å². The van der Waals surface area contributed by atoms with Crippen LogP contribution in [0.15, 0.2) is 22.7 Å². The van der Waals surface area contributed by atoms with Crippen LogP contribution in [0.5, 0.6) is 0 Å². The Morgan fingerprint density at radius 2 is 2.25 bits per heavy atom. The maximum absolute atomic E-state index is 13.8. The van der Waals surface area contributed by atoms with E-state index >= 15 is 0 Å². The fourth-order valence-corrected chi connectivity index (χ4v) is 1.90. The van der Waals surface area contributed by atoms with Crippen LogP contribution < -0.4 is 11.1 Å². The van der Waals surface area contributed by atoms with Crippen molar-refractivity contribution in [1.29, 1.82) is 0 Å². The summed E-state index contributed by atoms with van der Waals surface area (Å²) in [5.41, 5.74) is 4.39. The molecule has 0 aliphatic rings. The lowest BCUT2D eigenvalue weighted by Crippen LogP contribution is -2.50. The number of benzene rings is 1. The maximum atomic E-state index is 13.8. The van der Waals surface area contributed by atoms with Crippen LogP contribution in [0.1, 0.15) is 19.4 Å². The number of nitrogens with one attached hydrogen (secondary N) is 1. The molecule has 0 spiro atoms. The summed E-state index contributed by atoms with van der Waals surface area (Å²) < 4.78 is 14.4. The molecule has 1 amide bonds. The molecule has 0 saturated heterocycles. The zero-order valence-corrected chi connectivity index (χ0v) is 10.8. The molecule has 0 aliphatic carbocycles. The third-order valence-corrected chi connectivity index (χ3v) is 2.99. The van der Waals surface area contributed by atoms with E-state index in [1.165, 1.54) is 6.07 Å². The molecule has 1 unspecified atom stereocenters. The van der Waals surface area contributed by atoms with Crippen LogP contribution in [0.4, 0.5) is 4.39 Å². The van der Waals surface area contributed by atoms with Gasteiger partial charge in [-0.2, -0.15) is 0 Å². The van der Waals surface area contributed by atoms with Crippen LogP contribution in [0.3, 0.4) is 0 Å². The summed E-state index contributed by atoms with van der Waals surface area (Å²) in [7, 11) is 0. The second kappa shape index (κ2) is 4.93. The Labute approximate surface area is 102 Å². The van der Waals surface area contributed by atoms with Gasteiger partial charge in [-0.3, -0.25) is 4.79 Å². The lowest BCUT2D eigenvalue weighted by Gasteiger charge is -2.27. The van der Waals surface area contributed by atoms with Gasteiger partial charge >= 0.3 is 0 Å². The van der Waals surface area contributed by atoms with Gasteiger partial charge in [0.1, 0.15) is 11.4 Å². The largest absolute Gasteiger partial charge is 0.368 e. The molecule has 1 aromatic rings. The third-order valence-electron chi connectivity index (χ3n) is 2.49. The van der Waals surface area contributed by atoms with E-state index in [1.54, 1.807) is 19.1 Å². The van der Waals surface area contributed by atoms with Gasteiger partial charge in [-0.25, -0.2) is 4.39 Å². The predicted octanol–water partition coefficient (Wildman–Crippen LogP) is 1.90. The van der Waals surface area contributed by atoms with Crippen molar-refractivity contribution in [2.75, 3.05) is 6.54 Å². The minimum Gasteiger partial charge on any atom is -0.368 e. The van der Waals surface area contributed by atoms with Gasteiger partial charge in [-0.1, -0.05) is 28.9 Å². The Kier molecular flexibility index (Phi) is 4.04. The van der Waals surface area contributed by atoms with Crippen LogP contribution in [0, 0.1) is 5.82 Å². The number of carbonyl (C=O) groups is 1. The number of carbonyl (C=O) groups excluding carboxylic acids is 1. The number of halogens is 2. The fourth-order valence-electron chi connectivity index (χ4n) is 1.56. The van der Waals surface area contributed by atoms with E-state index in [9.17, 15) is 9.18 Å². The molecule has 0 bridgehead atoms. The van der Waals surface area contributed by atoms with E-state index in [0.29, 0.717) is 11.0 Å². The van der Waals surface area contributed by atoms with Crippen LogP contribution in [0.2, 0.25) is 0 Å². The van der Waals surface area contributed by atoms with E-state index < -0.39 is 17.3 Å². The number of amides is 1. The average Bonchev–Trinajstić information content (AvgIpc) is 2.17. The van der Waals surface area contributed by atoms with Gasteiger partial charge in [0.05, 0.1) is 0 Å². The van der Waals surface area contributed by atoms with Gasteiger partial charge < -0.3 is 11.1 Å². The van der Waals surface area contributed by atoms with Crippen molar-refractivity contribution in [3.05, 3.63) is 34.1 Å². The summed E-state index contributed by atoms with van der Waals surface area (Å²) in [5.74, 6) is -1.06. The van der Waals surface area contributed by atoms with Gasteiger partial charge in [0.15, 0.2) is 0 Å². The van der Waals surface area contributed by atoms with Crippen molar-refractivity contribution in [1.82, 2.24) is 5.32 Å². The Hall–Kier alpha value is -0.940. The summed E-state index contributed by atoms with van der Waals surface area (Å²) >= 11 is 3.16. The maximum Gasteiger partial charge on any atom is 0.242 e. The van der Waals surface area contributed by atoms with Crippen molar-refractivity contribution in [3.8, 4) is 0 Å². The molecular formula is C11H14BrFN2O. The van der Waals surface area contributed by atoms with Crippen molar-refractivity contribution in [3.63, 3.8) is 0 Å². The number of primary amides is 1. The number of hydrogen-bond donors (Lipinski definition) is 2. The summed E-state index contributed by atoms with van der Waals surface area (Å²) in [6, 6.07) is 4.54. The van der Waals surface area contributed by atoms with Crippen LogP contribution in [-0.4, -0.2) is 12.5 Å². The first-order chi connectivity index (χ1) is 7.41.